The number of nitrogens with zero attached hydrogens (tertiary/aromatic N) is 1. The van der Waals surface area contributed by atoms with E-state index >= 15 is 0 Å². The van der Waals surface area contributed by atoms with E-state index in [1.54, 1.807) is 24.3 Å². The molecule has 1 atom stereocenters. The molecule has 1 rings (SSSR count). The molecule has 0 aromatic heterocycles. The third-order valence-electron chi connectivity index (χ3n) is 1.30. The van der Waals surface area contributed by atoms with Gasteiger partial charge in [-0.25, -0.2) is 0 Å². The van der Waals surface area contributed by atoms with Crippen molar-refractivity contribution in [1.82, 2.24) is 0 Å². The number of rotatable bonds is 4. The minimum absolute atomic E-state index is 0.0727. The van der Waals surface area contributed by atoms with Crippen LogP contribution >= 0.6 is 27.9 Å². The predicted molar refractivity (Wildman–Crippen MR) is 58.3 cm³/mol. The summed E-state index contributed by atoms with van der Waals surface area (Å²) in [6.07, 6.45) is 0. The summed E-state index contributed by atoms with van der Waals surface area (Å²) in [6, 6.07) is 6.70. The first kappa shape index (κ1) is 11.3. The molecular formula is C8H8BrNO3S. The predicted octanol–water partition coefficient (Wildman–Crippen LogP) is 3.09. The lowest BCUT2D eigenvalue weighted by Crippen LogP contribution is -2.01. The molecular weight excluding hydrogens is 270 g/mol. The van der Waals surface area contributed by atoms with Crippen molar-refractivity contribution in [1.29, 1.82) is 0 Å². The Kier molecular flexibility index (Phi) is 4.21. The van der Waals surface area contributed by atoms with Gasteiger partial charge in [0.05, 0.1) is 4.90 Å². The van der Waals surface area contributed by atoms with Gasteiger partial charge in [0.15, 0.2) is 5.01 Å². The Labute approximate surface area is 94.1 Å². The minimum atomic E-state index is -0.441. The second-order valence-corrected chi connectivity index (χ2v) is 4.69. The topological polar surface area (TPSA) is 52.4 Å². The first-order valence-electron chi connectivity index (χ1n) is 3.81. The molecule has 0 saturated heterocycles. The summed E-state index contributed by atoms with van der Waals surface area (Å²) in [4.78, 5) is 10.7. The zero-order valence-electron chi connectivity index (χ0n) is 7.34. The van der Waals surface area contributed by atoms with Crippen LogP contribution in [-0.2, 0) is 0 Å². The maximum Gasteiger partial charge on any atom is 0.265 e. The molecule has 6 heteroatoms. The van der Waals surface area contributed by atoms with Crippen molar-refractivity contribution in [3.8, 4) is 5.75 Å². The molecule has 14 heavy (non-hydrogen) atoms. The Morgan fingerprint density at radius 2 is 2.07 bits per heavy atom. The normalized spacial score (nSPS) is 12.1. The fraction of sp³-hybridized carbons (Fsp3) is 0.250. The highest BCUT2D eigenvalue weighted by Crippen LogP contribution is 2.22. The zero-order chi connectivity index (χ0) is 10.6. The standard InChI is InChI=1S/C8H8BrNO3S/c1-6(9)13-7-2-4-8(5-3-7)14-10(11)12/h2-6H,1H3. The molecule has 1 aromatic rings. The second-order valence-electron chi connectivity index (χ2n) is 2.45. The van der Waals surface area contributed by atoms with Crippen LogP contribution in [0.25, 0.3) is 0 Å². The van der Waals surface area contributed by atoms with E-state index in [2.05, 4.69) is 15.9 Å². The minimum Gasteiger partial charge on any atom is -0.480 e. The lowest BCUT2D eigenvalue weighted by atomic mass is 10.3. The van der Waals surface area contributed by atoms with Crippen molar-refractivity contribution in [3.63, 3.8) is 0 Å². The number of ether oxygens (including phenoxy) is 1. The molecule has 0 aliphatic carbocycles. The first-order chi connectivity index (χ1) is 6.58. The number of halogens is 1. The lowest BCUT2D eigenvalue weighted by Gasteiger charge is -2.07. The zero-order valence-corrected chi connectivity index (χ0v) is 9.75. The molecule has 1 unspecified atom stereocenters. The van der Waals surface area contributed by atoms with Crippen LogP contribution in [0.1, 0.15) is 6.92 Å². The molecule has 0 heterocycles. The van der Waals surface area contributed by atoms with Crippen molar-refractivity contribution < 1.29 is 9.07 Å². The van der Waals surface area contributed by atoms with Crippen molar-refractivity contribution >= 4 is 27.9 Å². The molecule has 0 bridgehead atoms. The molecule has 0 N–H and O–H groups in total. The van der Waals surface area contributed by atoms with Crippen LogP contribution in [0, 0.1) is 10.1 Å². The summed E-state index contributed by atoms with van der Waals surface area (Å²) >= 11 is 3.82. The second kappa shape index (κ2) is 5.21. The van der Waals surface area contributed by atoms with E-state index in [0.717, 1.165) is 0 Å². The smallest absolute Gasteiger partial charge is 0.265 e. The molecule has 76 valence electrons. The molecule has 0 aliphatic rings. The average molecular weight is 278 g/mol. The third-order valence-corrected chi connectivity index (χ3v) is 2.12. The lowest BCUT2D eigenvalue weighted by molar-refractivity contribution is -0.284. The quantitative estimate of drug-likeness (QED) is 0.367. The molecule has 0 aliphatic heterocycles. The maximum absolute atomic E-state index is 10.2. The SMILES string of the molecule is CC(Br)Oc1ccc(S[N+](=O)[O-])cc1. The molecule has 0 spiro atoms. The summed E-state index contributed by atoms with van der Waals surface area (Å²) in [5.74, 6) is 0.682. The number of benzene rings is 1. The summed E-state index contributed by atoms with van der Waals surface area (Å²) in [5.41, 5.74) is 0. The first-order valence-corrected chi connectivity index (χ1v) is 5.50. The Balaban J connectivity index is 2.63. The highest BCUT2D eigenvalue weighted by atomic mass is 79.9. The van der Waals surface area contributed by atoms with Gasteiger partial charge in [-0.2, -0.15) is 0 Å². The summed E-state index contributed by atoms with van der Waals surface area (Å²) in [5, 5.41) is 10.1. The largest absolute Gasteiger partial charge is 0.480 e. The monoisotopic (exact) mass is 277 g/mol. The van der Waals surface area contributed by atoms with Crippen LogP contribution in [0.4, 0.5) is 0 Å². The average Bonchev–Trinajstić information content (AvgIpc) is 2.06. The van der Waals surface area contributed by atoms with Crippen molar-refractivity contribution in [2.75, 3.05) is 0 Å². The van der Waals surface area contributed by atoms with Gasteiger partial charge in [-0.15, -0.1) is 0 Å². The van der Waals surface area contributed by atoms with Gasteiger partial charge < -0.3 is 4.74 Å². The van der Waals surface area contributed by atoms with Gasteiger partial charge in [0, 0.05) is 0 Å². The van der Waals surface area contributed by atoms with Crippen LogP contribution in [0.15, 0.2) is 29.2 Å². The van der Waals surface area contributed by atoms with E-state index in [-0.39, 0.29) is 5.01 Å². The highest BCUT2D eigenvalue weighted by molar-refractivity contribution is 9.09. The number of alkyl halides is 1. The number of hydrogen-bond acceptors (Lipinski definition) is 4. The van der Waals surface area contributed by atoms with Gasteiger partial charge in [0.2, 0.25) is 0 Å². The number of hydrogen-bond donors (Lipinski definition) is 0. The van der Waals surface area contributed by atoms with E-state index in [4.69, 9.17) is 4.74 Å². The Morgan fingerprint density at radius 3 is 2.50 bits per heavy atom. The van der Waals surface area contributed by atoms with Crippen molar-refractivity contribution in [2.24, 2.45) is 0 Å². The van der Waals surface area contributed by atoms with Crippen LogP contribution in [0.5, 0.6) is 5.75 Å². The van der Waals surface area contributed by atoms with Crippen LogP contribution in [0.2, 0.25) is 0 Å². The molecule has 0 amide bonds. The Bertz CT molecular complexity index is 315. The summed E-state index contributed by atoms with van der Waals surface area (Å²) in [7, 11) is 0. The highest BCUT2D eigenvalue weighted by Gasteiger charge is 2.05. The van der Waals surface area contributed by atoms with E-state index < -0.39 is 4.33 Å². The van der Waals surface area contributed by atoms with Crippen molar-refractivity contribution in [3.05, 3.63) is 34.4 Å². The van der Waals surface area contributed by atoms with Gasteiger partial charge in [-0.05, 0) is 47.1 Å². The fourth-order valence-electron chi connectivity index (χ4n) is 0.853. The molecule has 0 fully saturated rings. The molecule has 4 nitrogen and oxygen atoms in total. The van der Waals surface area contributed by atoms with Crippen LogP contribution in [0.3, 0.4) is 0 Å². The molecule has 0 saturated carbocycles. The Hall–Kier alpha value is -0.750. The van der Waals surface area contributed by atoms with E-state index in [9.17, 15) is 10.1 Å². The van der Waals surface area contributed by atoms with Crippen LogP contribution < -0.4 is 4.74 Å². The number of nitro groups is 1. The van der Waals surface area contributed by atoms with Gasteiger partial charge in [0.1, 0.15) is 10.1 Å². The van der Waals surface area contributed by atoms with Gasteiger partial charge >= 0.3 is 0 Å². The summed E-state index contributed by atoms with van der Waals surface area (Å²) in [6.45, 7) is 1.85. The third kappa shape index (κ3) is 3.97. The van der Waals surface area contributed by atoms with Gasteiger partial charge in [-0.1, -0.05) is 0 Å². The van der Waals surface area contributed by atoms with E-state index in [1.165, 1.54) is 0 Å². The van der Waals surface area contributed by atoms with E-state index in [1.807, 2.05) is 6.92 Å². The molecule has 1 aromatic carbocycles. The van der Waals surface area contributed by atoms with Crippen molar-refractivity contribution in [2.45, 2.75) is 16.8 Å². The van der Waals surface area contributed by atoms with Crippen LogP contribution in [-0.4, -0.2) is 9.34 Å². The van der Waals surface area contributed by atoms with E-state index in [0.29, 0.717) is 22.6 Å². The van der Waals surface area contributed by atoms with Gasteiger partial charge in [0.25, 0.3) is 11.9 Å². The maximum atomic E-state index is 10.2. The summed E-state index contributed by atoms with van der Waals surface area (Å²) < 4.78 is 4.87. The fourth-order valence-corrected chi connectivity index (χ4v) is 1.50. The van der Waals surface area contributed by atoms with Gasteiger partial charge in [-0.3, -0.25) is 10.1 Å². The molecule has 0 radical (unpaired) electrons. The Morgan fingerprint density at radius 1 is 1.50 bits per heavy atom.